The number of nitrogens with zero attached hydrogens (tertiary/aromatic N) is 3. The maximum Gasteiger partial charge on any atom is 0.308 e. The highest BCUT2D eigenvalue weighted by Crippen LogP contribution is 2.24. The van der Waals surface area contributed by atoms with Gasteiger partial charge in [0.05, 0.1) is 35.8 Å². The molecule has 0 radical (unpaired) electrons. The fourth-order valence-corrected chi connectivity index (χ4v) is 1.95. The molecule has 1 amide bonds. The van der Waals surface area contributed by atoms with Crippen LogP contribution < -0.4 is 0 Å². The normalized spacial score (nSPS) is 18.1. The molecule has 110 valence electrons. The fourth-order valence-electron chi connectivity index (χ4n) is 1.95. The minimum absolute atomic E-state index is 0.0724. The summed E-state index contributed by atoms with van der Waals surface area (Å²) in [4.78, 5) is 22.8. The topological polar surface area (TPSA) is 96.5 Å². The van der Waals surface area contributed by atoms with E-state index >= 15 is 0 Å². The fraction of sp³-hybridized carbons (Fsp3) is 0.333. The first-order valence-corrected chi connectivity index (χ1v) is 5.88. The molecule has 1 saturated heterocycles. The monoisotopic (exact) mass is 297 g/mol. The summed E-state index contributed by atoms with van der Waals surface area (Å²) in [6.07, 6.45) is -0.866. The second-order valence-corrected chi connectivity index (χ2v) is 4.28. The Kier molecular flexibility index (Phi) is 4.09. The number of halogens is 2. The highest BCUT2D eigenvalue weighted by Gasteiger charge is 2.30. The number of nitriles is 1. The van der Waals surface area contributed by atoms with Gasteiger partial charge >= 0.3 is 5.69 Å². The van der Waals surface area contributed by atoms with Crippen LogP contribution in [0.1, 0.15) is 10.4 Å². The van der Waals surface area contributed by atoms with E-state index in [9.17, 15) is 23.7 Å². The summed E-state index contributed by atoms with van der Waals surface area (Å²) in [5.74, 6) is -3.40. The van der Waals surface area contributed by atoms with Gasteiger partial charge in [-0.15, -0.1) is 0 Å². The summed E-state index contributed by atoms with van der Waals surface area (Å²) in [5, 5.41) is 19.4. The quantitative estimate of drug-likeness (QED) is 0.604. The summed E-state index contributed by atoms with van der Waals surface area (Å²) in [6, 6.07) is 2.81. The molecule has 1 aromatic carbocycles. The standard InChI is InChI=1S/C12H9F2N3O4/c13-7-3-9(11(14)10(4-7)17(19)20)12(18)16-1-2-21-8(5-15)6-16/h3-4,8H,1-2,6H2. The van der Waals surface area contributed by atoms with Gasteiger partial charge in [0.15, 0.2) is 6.10 Å². The first-order valence-electron chi connectivity index (χ1n) is 5.88. The number of rotatable bonds is 2. The van der Waals surface area contributed by atoms with Crippen molar-refractivity contribution in [1.82, 2.24) is 4.90 Å². The summed E-state index contributed by atoms with van der Waals surface area (Å²) in [6.45, 7) is 0.0445. The SMILES string of the molecule is N#CC1CN(C(=O)c2cc(F)cc([N+](=O)[O-])c2F)CCO1. The molecule has 0 saturated carbocycles. The summed E-state index contributed by atoms with van der Waals surface area (Å²) >= 11 is 0. The van der Waals surface area contributed by atoms with Gasteiger partial charge in [-0.25, -0.2) is 4.39 Å². The minimum Gasteiger partial charge on any atom is -0.360 e. The molecule has 2 rings (SSSR count). The summed E-state index contributed by atoms with van der Waals surface area (Å²) < 4.78 is 32.3. The van der Waals surface area contributed by atoms with Gasteiger partial charge in [0.1, 0.15) is 5.82 Å². The highest BCUT2D eigenvalue weighted by molar-refractivity contribution is 5.95. The number of hydrogen-bond acceptors (Lipinski definition) is 5. The van der Waals surface area contributed by atoms with Crippen LogP contribution in [0, 0.1) is 33.1 Å². The Morgan fingerprint density at radius 1 is 1.52 bits per heavy atom. The van der Waals surface area contributed by atoms with Crippen LogP contribution in [0.3, 0.4) is 0 Å². The number of amides is 1. The molecule has 0 aliphatic carbocycles. The first kappa shape index (κ1) is 14.8. The second kappa shape index (κ2) is 5.80. The number of morpholine rings is 1. The molecule has 0 aromatic heterocycles. The van der Waals surface area contributed by atoms with E-state index in [1.807, 2.05) is 0 Å². The Hall–Kier alpha value is -2.60. The van der Waals surface area contributed by atoms with Gasteiger partial charge in [0.25, 0.3) is 5.91 Å². The van der Waals surface area contributed by atoms with Gasteiger partial charge in [-0.2, -0.15) is 9.65 Å². The van der Waals surface area contributed by atoms with Crippen molar-refractivity contribution >= 4 is 11.6 Å². The molecular weight excluding hydrogens is 288 g/mol. The average molecular weight is 297 g/mol. The van der Waals surface area contributed by atoms with E-state index in [1.165, 1.54) is 0 Å². The predicted octanol–water partition coefficient (Wildman–Crippen LogP) is 1.24. The zero-order chi connectivity index (χ0) is 15.6. The van der Waals surface area contributed by atoms with E-state index < -0.39 is 39.8 Å². The highest BCUT2D eigenvalue weighted by atomic mass is 19.1. The third-order valence-corrected chi connectivity index (χ3v) is 2.94. The van der Waals surface area contributed by atoms with Crippen LogP contribution in [0.5, 0.6) is 0 Å². The van der Waals surface area contributed by atoms with Crippen molar-refractivity contribution in [3.8, 4) is 6.07 Å². The van der Waals surface area contributed by atoms with Crippen molar-refractivity contribution in [1.29, 1.82) is 5.26 Å². The van der Waals surface area contributed by atoms with Crippen molar-refractivity contribution in [3.63, 3.8) is 0 Å². The molecule has 1 unspecified atom stereocenters. The zero-order valence-electron chi connectivity index (χ0n) is 10.6. The average Bonchev–Trinajstić information content (AvgIpc) is 2.48. The Morgan fingerprint density at radius 3 is 2.86 bits per heavy atom. The van der Waals surface area contributed by atoms with E-state index in [0.29, 0.717) is 12.1 Å². The Bertz CT molecular complexity index is 644. The van der Waals surface area contributed by atoms with Crippen molar-refractivity contribution in [2.75, 3.05) is 19.7 Å². The molecule has 0 bridgehead atoms. The van der Waals surface area contributed by atoms with Gasteiger partial charge in [-0.3, -0.25) is 14.9 Å². The van der Waals surface area contributed by atoms with E-state index in [-0.39, 0.29) is 19.7 Å². The van der Waals surface area contributed by atoms with Crippen molar-refractivity contribution in [2.24, 2.45) is 0 Å². The van der Waals surface area contributed by atoms with E-state index in [2.05, 4.69) is 0 Å². The molecule has 1 aromatic rings. The lowest BCUT2D eigenvalue weighted by Gasteiger charge is -2.29. The largest absolute Gasteiger partial charge is 0.360 e. The van der Waals surface area contributed by atoms with Gasteiger partial charge in [-0.1, -0.05) is 0 Å². The lowest BCUT2D eigenvalue weighted by molar-refractivity contribution is -0.387. The van der Waals surface area contributed by atoms with E-state index in [0.717, 1.165) is 4.90 Å². The summed E-state index contributed by atoms with van der Waals surface area (Å²) in [7, 11) is 0. The summed E-state index contributed by atoms with van der Waals surface area (Å²) in [5.41, 5.74) is -1.84. The Labute approximate surface area is 117 Å². The van der Waals surface area contributed by atoms with Crippen LogP contribution in [-0.4, -0.2) is 41.5 Å². The number of hydrogen-bond donors (Lipinski definition) is 0. The number of nitro benzene ring substituents is 1. The first-order chi connectivity index (χ1) is 9.93. The molecule has 1 heterocycles. The van der Waals surface area contributed by atoms with Crippen molar-refractivity contribution in [2.45, 2.75) is 6.10 Å². The number of ether oxygens (including phenoxy) is 1. The van der Waals surface area contributed by atoms with Crippen molar-refractivity contribution in [3.05, 3.63) is 39.4 Å². The number of carbonyl (C=O) groups is 1. The van der Waals surface area contributed by atoms with Crippen LogP contribution in [-0.2, 0) is 4.74 Å². The molecule has 7 nitrogen and oxygen atoms in total. The Balaban J connectivity index is 2.35. The smallest absolute Gasteiger partial charge is 0.308 e. The zero-order valence-corrected chi connectivity index (χ0v) is 10.6. The van der Waals surface area contributed by atoms with Crippen LogP contribution in [0.25, 0.3) is 0 Å². The predicted molar refractivity (Wildman–Crippen MR) is 64.3 cm³/mol. The van der Waals surface area contributed by atoms with Crippen LogP contribution in [0.2, 0.25) is 0 Å². The lowest BCUT2D eigenvalue weighted by Crippen LogP contribution is -2.45. The minimum atomic E-state index is -1.40. The number of benzene rings is 1. The van der Waals surface area contributed by atoms with Gasteiger partial charge in [-0.05, 0) is 6.07 Å². The third kappa shape index (κ3) is 2.95. The maximum absolute atomic E-state index is 13.9. The molecule has 0 spiro atoms. The van der Waals surface area contributed by atoms with E-state index in [1.54, 1.807) is 6.07 Å². The molecular formula is C12H9F2N3O4. The molecule has 1 fully saturated rings. The van der Waals surface area contributed by atoms with Crippen molar-refractivity contribution < 1.29 is 23.2 Å². The number of nitro groups is 1. The molecule has 21 heavy (non-hydrogen) atoms. The van der Waals surface area contributed by atoms with Crippen LogP contribution in [0.15, 0.2) is 12.1 Å². The van der Waals surface area contributed by atoms with Gasteiger partial charge in [0.2, 0.25) is 5.82 Å². The molecule has 1 atom stereocenters. The Morgan fingerprint density at radius 2 is 2.24 bits per heavy atom. The maximum atomic E-state index is 13.9. The molecule has 0 N–H and O–H groups in total. The van der Waals surface area contributed by atoms with Crippen LogP contribution in [0.4, 0.5) is 14.5 Å². The second-order valence-electron chi connectivity index (χ2n) is 4.28. The lowest BCUT2D eigenvalue weighted by atomic mass is 10.1. The van der Waals surface area contributed by atoms with Gasteiger partial charge < -0.3 is 9.64 Å². The van der Waals surface area contributed by atoms with E-state index in [4.69, 9.17) is 10.00 Å². The molecule has 9 heteroatoms. The third-order valence-electron chi connectivity index (χ3n) is 2.94. The molecule has 1 aliphatic heterocycles. The van der Waals surface area contributed by atoms with Gasteiger partial charge in [0, 0.05) is 6.54 Å². The van der Waals surface area contributed by atoms with Crippen LogP contribution >= 0.6 is 0 Å². The number of carbonyl (C=O) groups excluding carboxylic acids is 1. The molecule has 1 aliphatic rings.